The Kier molecular flexibility index (Phi) is 6.45. The number of piperazine rings is 1. The van der Waals surface area contributed by atoms with E-state index in [0.717, 1.165) is 23.4 Å². The third-order valence-corrected chi connectivity index (χ3v) is 6.18. The summed E-state index contributed by atoms with van der Waals surface area (Å²) in [5, 5.41) is 4.54. The molecule has 1 aliphatic heterocycles. The lowest BCUT2D eigenvalue weighted by atomic mass is 10.1. The Morgan fingerprint density at radius 1 is 0.806 bits per heavy atom. The van der Waals surface area contributed by atoms with E-state index in [4.69, 9.17) is 0 Å². The van der Waals surface area contributed by atoms with Crippen molar-refractivity contribution in [3.63, 3.8) is 0 Å². The van der Waals surface area contributed by atoms with Crippen molar-refractivity contribution in [2.45, 2.75) is 12.6 Å². The van der Waals surface area contributed by atoms with E-state index in [0.29, 0.717) is 44.1 Å². The fourth-order valence-electron chi connectivity index (χ4n) is 4.29. The van der Waals surface area contributed by atoms with Crippen LogP contribution < -0.4 is 4.90 Å². The quantitative estimate of drug-likeness (QED) is 0.401. The molecule has 1 aliphatic rings. The van der Waals surface area contributed by atoms with Gasteiger partial charge in [0.1, 0.15) is 5.82 Å². The van der Waals surface area contributed by atoms with Gasteiger partial charge in [0.2, 0.25) is 5.82 Å². The van der Waals surface area contributed by atoms with Crippen LogP contribution in [0.3, 0.4) is 0 Å². The lowest BCUT2D eigenvalue weighted by molar-refractivity contribution is -0.137. The molecule has 36 heavy (non-hydrogen) atoms. The number of hydrogen-bond acceptors (Lipinski definition) is 4. The Morgan fingerprint density at radius 2 is 1.44 bits per heavy atom. The van der Waals surface area contributed by atoms with Crippen LogP contribution in [0.2, 0.25) is 0 Å². The van der Waals surface area contributed by atoms with Crippen molar-refractivity contribution in [1.82, 2.24) is 19.7 Å². The average Bonchev–Trinajstić information content (AvgIpc) is 3.33. The Bertz CT molecular complexity index is 1330. The zero-order chi connectivity index (χ0) is 25.1. The predicted molar refractivity (Wildman–Crippen MR) is 130 cm³/mol. The first kappa shape index (κ1) is 23.6. The number of halogens is 3. The smallest absolute Gasteiger partial charge is 0.368 e. The molecule has 0 spiro atoms. The number of amides is 1. The van der Waals surface area contributed by atoms with E-state index in [2.05, 4.69) is 10.1 Å². The van der Waals surface area contributed by atoms with Gasteiger partial charge in [-0.15, -0.1) is 5.10 Å². The van der Waals surface area contributed by atoms with Gasteiger partial charge >= 0.3 is 6.18 Å². The van der Waals surface area contributed by atoms with Crippen LogP contribution in [0.25, 0.3) is 5.69 Å². The van der Waals surface area contributed by atoms with Crippen LogP contribution in [-0.2, 0) is 12.6 Å². The first-order chi connectivity index (χ1) is 17.4. The summed E-state index contributed by atoms with van der Waals surface area (Å²) >= 11 is 0. The minimum Gasteiger partial charge on any atom is -0.368 e. The molecule has 1 aromatic heterocycles. The van der Waals surface area contributed by atoms with E-state index in [1.54, 1.807) is 15.6 Å². The Balaban J connectivity index is 1.33. The minimum atomic E-state index is -4.39. The Hall–Kier alpha value is -4.14. The maximum absolute atomic E-state index is 13.3. The van der Waals surface area contributed by atoms with Crippen LogP contribution in [0.4, 0.5) is 18.9 Å². The minimum absolute atomic E-state index is 0.109. The van der Waals surface area contributed by atoms with Gasteiger partial charge in [-0.1, -0.05) is 54.6 Å². The predicted octanol–water partition coefficient (Wildman–Crippen LogP) is 4.84. The van der Waals surface area contributed by atoms with Crippen LogP contribution in [-0.4, -0.2) is 51.8 Å². The van der Waals surface area contributed by atoms with Crippen LogP contribution in [0.1, 0.15) is 27.6 Å². The highest BCUT2D eigenvalue weighted by molar-refractivity contribution is 5.90. The summed E-state index contributed by atoms with van der Waals surface area (Å²) in [7, 11) is 0. The van der Waals surface area contributed by atoms with Gasteiger partial charge in [-0.05, 0) is 35.9 Å². The zero-order valence-electron chi connectivity index (χ0n) is 19.4. The van der Waals surface area contributed by atoms with E-state index in [1.807, 2.05) is 65.6 Å². The Morgan fingerprint density at radius 3 is 2.11 bits per heavy atom. The number of alkyl halides is 3. The molecule has 2 heterocycles. The first-order valence-electron chi connectivity index (χ1n) is 11.7. The molecule has 1 fully saturated rings. The number of para-hydroxylation sites is 1. The summed E-state index contributed by atoms with van der Waals surface area (Å²) < 4.78 is 41.0. The fourth-order valence-corrected chi connectivity index (χ4v) is 4.29. The maximum Gasteiger partial charge on any atom is 0.416 e. The van der Waals surface area contributed by atoms with E-state index in [1.165, 1.54) is 6.07 Å². The van der Waals surface area contributed by atoms with E-state index in [9.17, 15) is 18.0 Å². The molecular formula is C27H24F3N5O. The molecule has 1 amide bonds. The molecule has 1 saturated heterocycles. The van der Waals surface area contributed by atoms with Crippen LogP contribution in [0.15, 0.2) is 84.9 Å². The van der Waals surface area contributed by atoms with Gasteiger partial charge in [-0.2, -0.15) is 13.2 Å². The molecule has 0 bridgehead atoms. The van der Waals surface area contributed by atoms with Crippen molar-refractivity contribution in [2.75, 3.05) is 31.1 Å². The highest BCUT2D eigenvalue weighted by Crippen LogP contribution is 2.32. The fraction of sp³-hybridized carbons (Fsp3) is 0.222. The summed E-state index contributed by atoms with van der Waals surface area (Å²) in [4.78, 5) is 21.4. The number of rotatable bonds is 5. The molecule has 0 atom stereocenters. The summed E-state index contributed by atoms with van der Waals surface area (Å²) in [5.74, 6) is 0.471. The third-order valence-electron chi connectivity index (χ3n) is 6.18. The number of hydrogen-bond donors (Lipinski definition) is 0. The second kappa shape index (κ2) is 9.85. The summed E-state index contributed by atoms with van der Waals surface area (Å²) in [6, 6.07) is 24.6. The second-order valence-electron chi connectivity index (χ2n) is 8.59. The third kappa shape index (κ3) is 5.10. The molecule has 0 radical (unpaired) electrons. The summed E-state index contributed by atoms with van der Waals surface area (Å²) in [5.41, 5.74) is 1.67. The van der Waals surface area contributed by atoms with Gasteiger partial charge in [0.25, 0.3) is 5.91 Å². The van der Waals surface area contributed by atoms with Gasteiger partial charge in [0.05, 0.1) is 11.3 Å². The van der Waals surface area contributed by atoms with Crippen molar-refractivity contribution in [3.05, 3.63) is 108 Å². The molecule has 0 N–H and O–H groups in total. The highest BCUT2D eigenvalue weighted by atomic mass is 19.4. The van der Waals surface area contributed by atoms with Crippen LogP contribution in [0.5, 0.6) is 0 Å². The maximum atomic E-state index is 13.3. The van der Waals surface area contributed by atoms with Crippen molar-refractivity contribution in [2.24, 2.45) is 0 Å². The number of aromatic nitrogens is 3. The van der Waals surface area contributed by atoms with Crippen LogP contribution in [0, 0.1) is 0 Å². The number of carbonyl (C=O) groups is 1. The van der Waals surface area contributed by atoms with Crippen molar-refractivity contribution >= 4 is 11.6 Å². The molecule has 0 aliphatic carbocycles. The molecule has 5 rings (SSSR count). The lowest BCUT2D eigenvalue weighted by Crippen LogP contribution is -2.49. The Labute approximate surface area is 206 Å². The van der Waals surface area contributed by atoms with Crippen molar-refractivity contribution < 1.29 is 18.0 Å². The molecule has 4 aromatic rings. The molecule has 6 nitrogen and oxygen atoms in total. The molecule has 0 saturated carbocycles. The summed E-state index contributed by atoms with van der Waals surface area (Å²) in [6.45, 7) is 1.57. The van der Waals surface area contributed by atoms with Gasteiger partial charge in [-0.25, -0.2) is 9.67 Å². The average molecular weight is 492 g/mol. The number of benzene rings is 3. The SMILES string of the molecule is O=C(c1nc(Cc2ccccc2)n(-c2ccccc2)n1)N1CCN(c2cccc(C(F)(F)F)c2)CC1. The van der Waals surface area contributed by atoms with Gasteiger partial charge < -0.3 is 9.80 Å². The molecule has 0 unspecified atom stereocenters. The van der Waals surface area contributed by atoms with E-state index in [-0.39, 0.29) is 11.7 Å². The molecule has 184 valence electrons. The van der Waals surface area contributed by atoms with Crippen molar-refractivity contribution in [1.29, 1.82) is 0 Å². The largest absolute Gasteiger partial charge is 0.416 e. The number of nitrogens with zero attached hydrogens (tertiary/aromatic N) is 5. The number of carbonyl (C=O) groups excluding carboxylic acids is 1. The topological polar surface area (TPSA) is 54.3 Å². The number of anilines is 1. The second-order valence-corrected chi connectivity index (χ2v) is 8.59. The van der Waals surface area contributed by atoms with Gasteiger partial charge in [0.15, 0.2) is 0 Å². The van der Waals surface area contributed by atoms with E-state index < -0.39 is 11.7 Å². The van der Waals surface area contributed by atoms with Gasteiger partial charge in [-0.3, -0.25) is 4.79 Å². The van der Waals surface area contributed by atoms with Gasteiger partial charge in [0, 0.05) is 38.3 Å². The first-order valence-corrected chi connectivity index (χ1v) is 11.7. The van der Waals surface area contributed by atoms with Crippen molar-refractivity contribution in [3.8, 4) is 5.69 Å². The highest BCUT2D eigenvalue weighted by Gasteiger charge is 2.32. The van der Waals surface area contributed by atoms with E-state index >= 15 is 0 Å². The monoisotopic (exact) mass is 491 g/mol. The standard InChI is InChI=1S/C27H24F3N5O/c28-27(29,30)21-10-7-13-23(19-21)33-14-16-34(17-15-33)26(36)25-31-24(18-20-8-3-1-4-9-20)35(32-25)22-11-5-2-6-12-22/h1-13,19H,14-18H2. The molecule has 3 aromatic carbocycles. The lowest BCUT2D eigenvalue weighted by Gasteiger charge is -2.35. The zero-order valence-corrected chi connectivity index (χ0v) is 19.4. The molecular weight excluding hydrogens is 467 g/mol. The summed E-state index contributed by atoms with van der Waals surface area (Å²) in [6.07, 6.45) is -3.88. The molecule has 9 heteroatoms. The van der Waals surface area contributed by atoms with Crippen LogP contribution >= 0.6 is 0 Å². The normalized spacial score (nSPS) is 14.2.